The smallest absolute Gasteiger partial charge is 0.368 e. The monoisotopic (exact) mass is 407 g/mol. The predicted molar refractivity (Wildman–Crippen MR) is 103 cm³/mol. The van der Waals surface area contributed by atoms with Crippen molar-refractivity contribution in [3.05, 3.63) is 30.1 Å². The molecule has 3 atom stereocenters. The van der Waals surface area contributed by atoms with Gasteiger partial charge in [0.1, 0.15) is 11.0 Å². The number of hydrogen-bond acceptors (Lipinski definition) is 5. The number of piperidine rings is 1. The molecule has 1 amide bonds. The molecular weight excluding hydrogens is 383 g/mol. The van der Waals surface area contributed by atoms with E-state index in [2.05, 4.69) is 32.4 Å². The molecule has 2 aromatic rings. The van der Waals surface area contributed by atoms with Crippen molar-refractivity contribution in [2.75, 3.05) is 24.5 Å². The number of alkyl halides is 3. The molecule has 3 heterocycles. The quantitative estimate of drug-likeness (QED) is 0.816. The molecule has 6 nitrogen and oxygen atoms in total. The summed E-state index contributed by atoms with van der Waals surface area (Å²) in [5.41, 5.74) is 0.0711. The number of nitrogens with zero attached hydrogens (tertiary/aromatic N) is 3. The molecule has 1 aromatic carbocycles. The van der Waals surface area contributed by atoms with Crippen molar-refractivity contribution in [1.82, 2.24) is 20.6 Å². The van der Waals surface area contributed by atoms with Gasteiger partial charge in [0.25, 0.3) is 0 Å². The summed E-state index contributed by atoms with van der Waals surface area (Å²) in [7, 11) is 0. The van der Waals surface area contributed by atoms with E-state index in [0.29, 0.717) is 31.1 Å². The molecule has 0 saturated carbocycles. The average Bonchev–Trinajstić information content (AvgIpc) is 3.09. The number of anilines is 1. The number of carbonyl (C=O) groups excluding carboxylic acids is 1. The number of fused-ring (bicyclic) bond motifs is 1. The molecule has 1 aromatic heterocycles. The molecule has 2 aliphatic heterocycles. The second-order valence-corrected chi connectivity index (χ2v) is 8.04. The predicted octanol–water partition coefficient (Wildman–Crippen LogP) is 2.73. The van der Waals surface area contributed by atoms with Crippen LogP contribution in [-0.4, -0.2) is 47.6 Å². The number of amides is 1. The molecule has 2 aliphatic rings. The highest BCUT2D eigenvalue weighted by molar-refractivity contribution is 5.90. The molecular formula is C20H24F3N5O. The minimum absolute atomic E-state index is 0.0882. The summed E-state index contributed by atoms with van der Waals surface area (Å²) in [5, 5.41) is 6.48. The van der Waals surface area contributed by atoms with Gasteiger partial charge in [0.05, 0.1) is 11.3 Å². The van der Waals surface area contributed by atoms with Gasteiger partial charge in [-0.25, -0.2) is 0 Å². The number of carbonyl (C=O) groups is 1. The Kier molecular flexibility index (Phi) is 5.33. The molecule has 1 unspecified atom stereocenters. The van der Waals surface area contributed by atoms with E-state index in [-0.39, 0.29) is 29.0 Å². The molecule has 2 saturated heterocycles. The van der Waals surface area contributed by atoms with Crippen molar-refractivity contribution in [3.63, 3.8) is 0 Å². The first-order valence-corrected chi connectivity index (χ1v) is 9.90. The third kappa shape index (κ3) is 4.29. The molecule has 4 rings (SSSR count). The van der Waals surface area contributed by atoms with E-state index in [1.165, 1.54) is 18.5 Å². The summed E-state index contributed by atoms with van der Waals surface area (Å²) in [4.78, 5) is 21.7. The number of nitrogens with one attached hydrogen (secondary N) is 2. The van der Waals surface area contributed by atoms with E-state index in [9.17, 15) is 18.0 Å². The molecule has 156 valence electrons. The lowest BCUT2D eigenvalue weighted by Gasteiger charge is -2.39. The van der Waals surface area contributed by atoms with E-state index >= 15 is 0 Å². The number of rotatable bonds is 4. The van der Waals surface area contributed by atoms with E-state index in [1.54, 1.807) is 0 Å². The highest BCUT2D eigenvalue weighted by Crippen LogP contribution is 2.37. The number of benzene rings is 1. The Labute approximate surface area is 166 Å². The maximum Gasteiger partial charge on any atom is 0.418 e. The van der Waals surface area contributed by atoms with Crippen LogP contribution in [0, 0.1) is 5.92 Å². The van der Waals surface area contributed by atoms with Gasteiger partial charge in [-0.3, -0.25) is 14.8 Å². The van der Waals surface area contributed by atoms with E-state index in [1.807, 2.05) is 0 Å². The lowest BCUT2D eigenvalue weighted by Crippen LogP contribution is -2.51. The maximum absolute atomic E-state index is 13.4. The zero-order valence-corrected chi connectivity index (χ0v) is 16.2. The Morgan fingerprint density at radius 3 is 2.66 bits per heavy atom. The van der Waals surface area contributed by atoms with Crippen LogP contribution in [0.5, 0.6) is 0 Å². The fourth-order valence-electron chi connectivity index (χ4n) is 4.36. The molecule has 0 aliphatic carbocycles. The first-order valence-electron chi connectivity index (χ1n) is 9.90. The lowest BCUT2D eigenvalue weighted by atomic mass is 9.94. The van der Waals surface area contributed by atoms with E-state index in [0.717, 1.165) is 25.5 Å². The third-order valence-corrected chi connectivity index (χ3v) is 5.65. The normalized spacial score (nSPS) is 25.4. The standard InChI is InChI=1S/C20H24F3N5O/c1-12-8-14(26-9-13-2-5-17(29)27-13)11-28(10-12)16-4-3-15(20(21,22)23)18-19(16)25-7-6-24-18/h3-4,6-7,12-14,26H,2,5,8-11H2,1H3,(H,27,29)/t12-,13?,14+/m1/s1. The van der Waals surface area contributed by atoms with Crippen LogP contribution in [-0.2, 0) is 11.0 Å². The number of aromatic nitrogens is 2. The van der Waals surface area contributed by atoms with Crippen LogP contribution in [0.1, 0.15) is 31.7 Å². The lowest BCUT2D eigenvalue weighted by molar-refractivity contribution is -0.136. The topological polar surface area (TPSA) is 70.2 Å². The first kappa shape index (κ1) is 19.9. The van der Waals surface area contributed by atoms with Gasteiger partial charge >= 0.3 is 6.18 Å². The molecule has 29 heavy (non-hydrogen) atoms. The minimum Gasteiger partial charge on any atom is -0.368 e. The molecule has 2 fully saturated rings. The molecule has 2 N–H and O–H groups in total. The zero-order chi connectivity index (χ0) is 20.6. The number of hydrogen-bond donors (Lipinski definition) is 2. The Morgan fingerprint density at radius 2 is 1.97 bits per heavy atom. The first-order chi connectivity index (χ1) is 13.8. The molecule has 0 radical (unpaired) electrons. The summed E-state index contributed by atoms with van der Waals surface area (Å²) in [6, 6.07) is 2.94. The highest BCUT2D eigenvalue weighted by Gasteiger charge is 2.35. The van der Waals surface area contributed by atoms with Gasteiger partial charge in [0, 0.05) is 50.5 Å². The van der Waals surface area contributed by atoms with Crippen LogP contribution in [0.2, 0.25) is 0 Å². The minimum atomic E-state index is -4.47. The van der Waals surface area contributed by atoms with Crippen molar-refractivity contribution < 1.29 is 18.0 Å². The van der Waals surface area contributed by atoms with Crippen molar-refractivity contribution >= 4 is 22.6 Å². The highest BCUT2D eigenvalue weighted by atomic mass is 19.4. The van der Waals surface area contributed by atoms with Gasteiger partial charge in [-0.05, 0) is 30.9 Å². The summed E-state index contributed by atoms with van der Waals surface area (Å²) < 4.78 is 40.1. The summed E-state index contributed by atoms with van der Waals surface area (Å²) in [6.45, 7) is 4.25. The second-order valence-electron chi connectivity index (χ2n) is 8.04. The van der Waals surface area contributed by atoms with Gasteiger partial charge in [0.2, 0.25) is 5.91 Å². The fourth-order valence-corrected chi connectivity index (χ4v) is 4.36. The van der Waals surface area contributed by atoms with Crippen molar-refractivity contribution in [3.8, 4) is 0 Å². The summed E-state index contributed by atoms with van der Waals surface area (Å²) in [5.74, 6) is 0.457. The van der Waals surface area contributed by atoms with Crippen LogP contribution >= 0.6 is 0 Å². The fraction of sp³-hybridized carbons (Fsp3) is 0.550. The van der Waals surface area contributed by atoms with Crippen molar-refractivity contribution in [2.24, 2.45) is 5.92 Å². The van der Waals surface area contributed by atoms with Crippen LogP contribution in [0.15, 0.2) is 24.5 Å². The van der Waals surface area contributed by atoms with Crippen LogP contribution in [0.25, 0.3) is 11.0 Å². The van der Waals surface area contributed by atoms with Crippen molar-refractivity contribution in [1.29, 1.82) is 0 Å². The van der Waals surface area contributed by atoms with Gasteiger partial charge in [-0.1, -0.05) is 6.92 Å². The Morgan fingerprint density at radius 1 is 1.21 bits per heavy atom. The zero-order valence-electron chi connectivity index (χ0n) is 16.2. The van der Waals surface area contributed by atoms with Crippen molar-refractivity contribution in [2.45, 2.75) is 44.4 Å². The van der Waals surface area contributed by atoms with E-state index in [4.69, 9.17) is 0 Å². The van der Waals surface area contributed by atoms with Gasteiger partial charge in [0.15, 0.2) is 0 Å². The van der Waals surface area contributed by atoms with Crippen LogP contribution in [0.4, 0.5) is 18.9 Å². The summed E-state index contributed by atoms with van der Waals surface area (Å²) >= 11 is 0. The number of halogens is 3. The van der Waals surface area contributed by atoms with Crippen LogP contribution in [0.3, 0.4) is 0 Å². The van der Waals surface area contributed by atoms with Gasteiger partial charge in [-0.2, -0.15) is 13.2 Å². The molecule has 0 bridgehead atoms. The van der Waals surface area contributed by atoms with Gasteiger partial charge < -0.3 is 15.5 Å². The Balaban J connectivity index is 1.55. The Bertz CT molecular complexity index is 903. The van der Waals surface area contributed by atoms with Crippen LogP contribution < -0.4 is 15.5 Å². The summed E-state index contributed by atoms with van der Waals surface area (Å²) in [6.07, 6.45) is 0.615. The SMILES string of the molecule is C[C@@H]1C[C@H](NCC2CCC(=O)N2)CN(c2ccc(C(F)(F)F)c3nccnc23)C1. The maximum atomic E-state index is 13.4. The third-order valence-electron chi connectivity index (χ3n) is 5.65. The largest absolute Gasteiger partial charge is 0.418 e. The van der Waals surface area contributed by atoms with E-state index < -0.39 is 11.7 Å². The Hall–Kier alpha value is -2.42. The second kappa shape index (κ2) is 7.78. The van der Waals surface area contributed by atoms with Gasteiger partial charge in [-0.15, -0.1) is 0 Å². The average molecular weight is 407 g/mol. The molecule has 0 spiro atoms. The molecule has 9 heteroatoms.